The van der Waals surface area contributed by atoms with E-state index in [9.17, 15) is 0 Å². The molecular weight excluding hydrogens is 224 g/mol. The Morgan fingerprint density at radius 1 is 1.06 bits per heavy atom. The normalized spacial score (nSPS) is 30.1. The molecule has 1 saturated heterocycles. The Kier molecular flexibility index (Phi) is 3.40. The van der Waals surface area contributed by atoms with Crippen molar-refractivity contribution in [2.45, 2.75) is 63.4 Å². The molecule has 2 nitrogen and oxygen atoms in total. The van der Waals surface area contributed by atoms with E-state index in [2.05, 4.69) is 37.3 Å². The summed E-state index contributed by atoms with van der Waals surface area (Å²) in [6.07, 6.45) is 7.16. The first-order valence-corrected chi connectivity index (χ1v) is 7.21. The fraction of sp³-hybridized carbons (Fsp3) is 0.625. The maximum Gasteiger partial charge on any atom is 0.169 e. The van der Waals surface area contributed by atoms with Gasteiger partial charge in [0.05, 0.1) is 12.2 Å². The van der Waals surface area contributed by atoms with Gasteiger partial charge >= 0.3 is 0 Å². The lowest BCUT2D eigenvalue weighted by Gasteiger charge is -2.22. The molecule has 2 fully saturated rings. The van der Waals surface area contributed by atoms with Crippen LogP contribution in [-0.4, -0.2) is 18.0 Å². The highest BCUT2D eigenvalue weighted by molar-refractivity contribution is 5.16. The van der Waals surface area contributed by atoms with Gasteiger partial charge in [0.2, 0.25) is 0 Å². The van der Waals surface area contributed by atoms with Gasteiger partial charge in [-0.1, -0.05) is 37.3 Å². The van der Waals surface area contributed by atoms with Gasteiger partial charge in [0.15, 0.2) is 5.79 Å². The van der Waals surface area contributed by atoms with Crippen LogP contribution in [0.2, 0.25) is 0 Å². The van der Waals surface area contributed by atoms with Crippen LogP contribution in [0.4, 0.5) is 0 Å². The number of hydrogen-bond donors (Lipinski definition) is 0. The Morgan fingerprint density at radius 3 is 2.39 bits per heavy atom. The monoisotopic (exact) mass is 246 g/mol. The van der Waals surface area contributed by atoms with Crippen molar-refractivity contribution in [3.63, 3.8) is 0 Å². The largest absolute Gasteiger partial charge is 0.344 e. The van der Waals surface area contributed by atoms with Crippen LogP contribution in [0.5, 0.6) is 0 Å². The summed E-state index contributed by atoms with van der Waals surface area (Å²) in [4.78, 5) is 0. The third-order valence-corrected chi connectivity index (χ3v) is 4.19. The molecule has 0 radical (unpaired) electrons. The van der Waals surface area contributed by atoms with Gasteiger partial charge in [0, 0.05) is 19.3 Å². The smallest absolute Gasteiger partial charge is 0.169 e. The molecule has 0 N–H and O–H groups in total. The second-order valence-electron chi connectivity index (χ2n) is 5.53. The van der Waals surface area contributed by atoms with Crippen LogP contribution in [0.25, 0.3) is 0 Å². The van der Waals surface area contributed by atoms with Gasteiger partial charge in [0.1, 0.15) is 0 Å². The molecule has 98 valence electrons. The Balaban J connectivity index is 1.71. The summed E-state index contributed by atoms with van der Waals surface area (Å²) in [7, 11) is 0. The molecule has 1 spiro atoms. The van der Waals surface area contributed by atoms with Crippen molar-refractivity contribution in [2.24, 2.45) is 0 Å². The van der Waals surface area contributed by atoms with E-state index in [0.717, 1.165) is 25.7 Å². The molecule has 1 aliphatic carbocycles. The van der Waals surface area contributed by atoms with E-state index in [1.54, 1.807) is 0 Å². The molecule has 1 aliphatic heterocycles. The van der Waals surface area contributed by atoms with Crippen molar-refractivity contribution < 1.29 is 9.47 Å². The molecule has 0 bridgehead atoms. The molecule has 1 aromatic rings. The van der Waals surface area contributed by atoms with Crippen molar-refractivity contribution in [2.75, 3.05) is 0 Å². The summed E-state index contributed by atoms with van der Waals surface area (Å²) in [6.45, 7) is 2.19. The first-order chi connectivity index (χ1) is 8.81. The minimum atomic E-state index is -0.236. The average Bonchev–Trinajstić information content (AvgIpc) is 2.99. The fourth-order valence-electron chi connectivity index (χ4n) is 3.25. The van der Waals surface area contributed by atoms with E-state index in [-0.39, 0.29) is 18.0 Å². The third kappa shape index (κ3) is 2.32. The third-order valence-electron chi connectivity index (χ3n) is 4.19. The zero-order chi connectivity index (χ0) is 12.4. The highest BCUT2D eigenvalue weighted by Crippen LogP contribution is 2.43. The summed E-state index contributed by atoms with van der Waals surface area (Å²) in [5, 5.41) is 0. The van der Waals surface area contributed by atoms with Gasteiger partial charge in [0.25, 0.3) is 0 Å². The molecule has 2 heteroatoms. The Morgan fingerprint density at radius 2 is 1.72 bits per heavy atom. The van der Waals surface area contributed by atoms with Gasteiger partial charge in [-0.2, -0.15) is 0 Å². The summed E-state index contributed by atoms with van der Waals surface area (Å²) in [6, 6.07) is 10.6. The molecule has 0 amide bonds. The van der Waals surface area contributed by atoms with Crippen LogP contribution in [-0.2, 0) is 15.9 Å². The minimum absolute atomic E-state index is 0.232. The van der Waals surface area contributed by atoms with Crippen LogP contribution in [0.15, 0.2) is 30.3 Å². The molecular formula is C16H22O2. The van der Waals surface area contributed by atoms with E-state index >= 15 is 0 Å². The van der Waals surface area contributed by atoms with Crippen LogP contribution < -0.4 is 0 Å². The highest BCUT2D eigenvalue weighted by atomic mass is 16.8. The summed E-state index contributed by atoms with van der Waals surface area (Å²) < 4.78 is 12.5. The Hall–Kier alpha value is -0.860. The summed E-state index contributed by atoms with van der Waals surface area (Å²) in [5.41, 5.74) is 1.35. The lowest BCUT2D eigenvalue weighted by molar-refractivity contribution is -0.169. The topological polar surface area (TPSA) is 18.5 Å². The molecule has 1 heterocycles. The van der Waals surface area contributed by atoms with Gasteiger partial charge in [-0.25, -0.2) is 0 Å². The molecule has 0 aromatic heterocycles. The van der Waals surface area contributed by atoms with Crippen molar-refractivity contribution in [3.05, 3.63) is 35.9 Å². The molecule has 2 aliphatic rings. The second-order valence-corrected chi connectivity index (χ2v) is 5.53. The zero-order valence-electron chi connectivity index (χ0n) is 11.1. The number of benzene rings is 1. The molecule has 2 unspecified atom stereocenters. The van der Waals surface area contributed by atoms with Gasteiger partial charge < -0.3 is 9.47 Å². The molecule has 1 saturated carbocycles. The highest BCUT2D eigenvalue weighted by Gasteiger charge is 2.48. The fourth-order valence-corrected chi connectivity index (χ4v) is 3.25. The number of ether oxygens (including phenoxy) is 2. The van der Waals surface area contributed by atoms with E-state index in [4.69, 9.17) is 9.47 Å². The van der Waals surface area contributed by atoms with E-state index in [0.29, 0.717) is 0 Å². The first kappa shape index (κ1) is 12.2. The number of rotatable bonds is 3. The lowest BCUT2D eigenvalue weighted by atomic mass is 10.0. The predicted octanol–water partition coefficient (Wildman–Crippen LogP) is 3.69. The van der Waals surface area contributed by atoms with Gasteiger partial charge in [-0.05, 0) is 24.8 Å². The molecule has 2 atom stereocenters. The molecule has 3 rings (SSSR count). The Labute approximate surface area is 109 Å². The first-order valence-electron chi connectivity index (χ1n) is 7.21. The van der Waals surface area contributed by atoms with Crippen LogP contribution in [0, 0.1) is 0 Å². The maximum absolute atomic E-state index is 6.30. The lowest BCUT2D eigenvalue weighted by Crippen LogP contribution is -2.27. The van der Waals surface area contributed by atoms with E-state index in [1.807, 2.05) is 0 Å². The van der Waals surface area contributed by atoms with Crippen LogP contribution in [0.1, 0.15) is 44.6 Å². The van der Waals surface area contributed by atoms with Crippen molar-refractivity contribution in [3.8, 4) is 0 Å². The SMILES string of the molecule is CCC1OC2(CCCC2)OC1Cc1ccccc1. The van der Waals surface area contributed by atoms with Crippen LogP contribution >= 0.6 is 0 Å². The van der Waals surface area contributed by atoms with E-state index < -0.39 is 0 Å². The molecule has 18 heavy (non-hydrogen) atoms. The zero-order valence-corrected chi connectivity index (χ0v) is 11.1. The minimum Gasteiger partial charge on any atom is -0.344 e. The number of hydrogen-bond acceptors (Lipinski definition) is 2. The maximum atomic E-state index is 6.30. The quantitative estimate of drug-likeness (QED) is 0.809. The molecule has 1 aromatic carbocycles. The average molecular weight is 246 g/mol. The summed E-state index contributed by atoms with van der Waals surface area (Å²) in [5.74, 6) is -0.236. The van der Waals surface area contributed by atoms with E-state index in [1.165, 1.54) is 18.4 Å². The predicted molar refractivity (Wildman–Crippen MR) is 71.4 cm³/mol. The van der Waals surface area contributed by atoms with Crippen molar-refractivity contribution in [1.29, 1.82) is 0 Å². The Bertz CT molecular complexity index is 381. The van der Waals surface area contributed by atoms with Gasteiger partial charge in [-0.15, -0.1) is 0 Å². The van der Waals surface area contributed by atoms with Gasteiger partial charge in [-0.3, -0.25) is 0 Å². The van der Waals surface area contributed by atoms with Crippen molar-refractivity contribution in [1.82, 2.24) is 0 Å². The standard InChI is InChI=1S/C16H22O2/c1-2-14-15(12-13-8-4-3-5-9-13)18-16(17-14)10-6-7-11-16/h3-5,8-9,14-15H,2,6-7,10-12H2,1H3. The summed E-state index contributed by atoms with van der Waals surface area (Å²) >= 11 is 0. The second kappa shape index (κ2) is 5.02. The van der Waals surface area contributed by atoms with Crippen molar-refractivity contribution >= 4 is 0 Å². The van der Waals surface area contributed by atoms with Crippen LogP contribution in [0.3, 0.4) is 0 Å².